The summed E-state index contributed by atoms with van der Waals surface area (Å²) in [6, 6.07) is 29.1. The van der Waals surface area contributed by atoms with Gasteiger partial charge in [-0.1, -0.05) is 54.1 Å². The monoisotopic (exact) mass is 613 g/mol. The molecule has 43 heavy (non-hydrogen) atoms. The van der Waals surface area contributed by atoms with Crippen LogP contribution in [0.15, 0.2) is 114 Å². The normalized spacial score (nSPS) is 11.7. The number of para-hydroxylation sites is 1. The van der Waals surface area contributed by atoms with E-state index >= 15 is 0 Å². The molecule has 0 aliphatic carbocycles. The fraction of sp³-hybridized carbons (Fsp3) is 0.0909. The number of carbonyl (C=O) groups is 4. The third-order valence-corrected chi connectivity index (χ3v) is 7.42. The Morgan fingerprint density at radius 1 is 0.837 bits per heavy atom. The predicted octanol–water partition coefficient (Wildman–Crippen LogP) is 6.66. The first-order valence-corrected chi connectivity index (χ1v) is 14.4. The highest BCUT2D eigenvalue weighted by Crippen LogP contribution is 2.27. The second kappa shape index (κ2) is 14.9. The van der Waals surface area contributed by atoms with Gasteiger partial charge in [0.2, 0.25) is 5.91 Å². The molecule has 4 aromatic rings. The minimum absolute atomic E-state index is 0.0344. The second-order valence-corrected chi connectivity index (χ2v) is 11.0. The van der Waals surface area contributed by atoms with E-state index in [1.807, 2.05) is 0 Å². The Morgan fingerprint density at radius 2 is 1.53 bits per heavy atom. The lowest BCUT2D eigenvalue weighted by Gasteiger charge is -2.15. The predicted molar refractivity (Wildman–Crippen MR) is 170 cm³/mol. The van der Waals surface area contributed by atoms with Crippen molar-refractivity contribution in [2.24, 2.45) is 0 Å². The van der Waals surface area contributed by atoms with Crippen molar-refractivity contribution in [3.8, 4) is 0 Å². The van der Waals surface area contributed by atoms with Gasteiger partial charge in [-0.15, -0.1) is 11.8 Å². The van der Waals surface area contributed by atoms with Crippen molar-refractivity contribution in [2.45, 2.75) is 17.1 Å². The quantitative estimate of drug-likeness (QED) is 0.105. The zero-order chi connectivity index (χ0) is 30.8. The first-order valence-electron chi connectivity index (χ1n) is 13.1. The summed E-state index contributed by atoms with van der Waals surface area (Å²) < 4.78 is 4.79. The van der Waals surface area contributed by atoms with Crippen LogP contribution in [0.4, 0.5) is 11.4 Å². The molecule has 8 nitrogen and oxygen atoms in total. The number of rotatable bonds is 10. The second-order valence-electron chi connectivity index (χ2n) is 9.20. The topological polar surface area (TPSA) is 114 Å². The maximum atomic E-state index is 13.3. The highest BCUT2D eigenvalue weighted by molar-refractivity contribution is 8.00. The first kappa shape index (κ1) is 31.1. The Kier molecular flexibility index (Phi) is 10.7. The van der Waals surface area contributed by atoms with Crippen molar-refractivity contribution in [1.29, 1.82) is 0 Å². The average Bonchev–Trinajstić information content (AvgIpc) is 3.02. The lowest BCUT2D eigenvalue weighted by Crippen LogP contribution is -2.30. The van der Waals surface area contributed by atoms with E-state index in [-0.39, 0.29) is 17.2 Å². The molecule has 4 rings (SSSR count). The maximum Gasteiger partial charge on any atom is 0.339 e. The maximum absolute atomic E-state index is 13.3. The van der Waals surface area contributed by atoms with E-state index in [9.17, 15) is 19.2 Å². The molecule has 0 spiro atoms. The molecule has 218 valence electrons. The molecule has 3 amide bonds. The summed E-state index contributed by atoms with van der Waals surface area (Å²) in [5, 5.41) is 8.28. The molecule has 10 heteroatoms. The lowest BCUT2D eigenvalue weighted by atomic mass is 10.1. The molecule has 0 radical (unpaired) electrons. The number of amides is 3. The van der Waals surface area contributed by atoms with Crippen molar-refractivity contribution in [1.82, 2.24) is 5.32 Å². The standard InChI is InChI=1S/C33H28ClN3O5S/c1-21(30(38)36-28-14-7-6-13-27(28)33(41)42-2)43-26-17-15-25(16-18-26)35-32(40)29(20-22-9-8-12-24(34)19-22)37-31(39)23-10-4-3-5-11-23/h3-21H,1-2H3,(H,35,40)(H,36,38)(H,37,39)/b29-20-. The summed E-state index contributed by atoms with van der Waals surface area (Å²) in [6.45, 7) is 1.75. The van der Waals surface area contributed by atoms with Crippen molar-refractivity contribution < 1.29 is 23.9 Å². The summed E-state index contributed by atoms with van der Waals surface area (Å²) in [5.41, 5.74) is 2.20. The van der Waals surface area contributed by atoms with E-state index in [2.05, 4.69) is 16.0 Å². The van der Waals surface area contributed by atoms with Crippen molar-refractivity contribution in [3.63, 3.8) is 0 Å². The van der Waals surface area contributed by atoms with Crippen LogP contribution in [0.1, 0.15) is 33.2 Å². The number of halogens is 1. The van der Waals surface area contributed by atoms with Gasteiger partial charge >= 0.3 is 5.97 Å². The van der Waals surface area contributed by atoms with Crippen LogP contribution in [0, 0.1) is 0 Å². The lowest BCUT2D eigenvalue weighted by molar-refractivity contribution is -0.115. The number of carbonyl (C=O) groups excluding carboxylic acids is 4. The Labute approximate surface area is 258 Å². The van der Waals surface area contributed by atoms with E-state index in [0.29, 0.717) is 27.5 Å². The van der Waals surface area contributed by atoms with Crippen LogP contribution in [0.2, 0.25) is 5.02 Å². The number of nitrogens with one attached hydrogen (secondary N) is 3. The number of hydrogen-bond donors (Lipinski definition) is 3. The van der Waals surface area contributed by atoms with Crippen molar-refractivity contribution in [2.75, 3.05) is 17.7 Å². The molecule has 1 unspecified atom stereocenters. The summed E-state index contributed by atoms with van der Waals surface area (Å²) in [6.07, 6.45) is 1.55. The van der Waals surface area contributed by atoms with Crippen LogP contribution in [0.5, 0.6) is 0 Å². The van der Waals surface area contributed by atoms with Crippen LogP contribution in [-0.2, 0) is 14.3 Å². The molecule has 0 aromatic heterocycles. The highest BCUT2D eigenvalue weighted by Gasteiger charge is 2.19. The Hall–Kier alpha value is -4.86. The van der Waals surface area contributed by atoms with Gasteiger partial charge in [0, 0.05) is 21.2 Å². The third-order valence-electron chi connectivity index (χ3n) is 6.07. The fourth-order valence-electron chi connectivity index (χ4n) is 3.89. The molecule has 0 saturated heterocycles. The van der Waals surface area contributed by atoms with Gasteiger partial charge in [-0.05, 0) is 79.2 Å². The number of anilines is 2. The van der Waals surface area contributed by atoms with Gasteiger partial charge in [0.15, 0.2) is 0 Å². The van der Waals surface area contributed by atoms with E-state index in [4.69, 9.17) is 16.3 Å². The van der Waals surface area contributed by atoms with Crippen molar-refractivity contribution in [3.05, 3.63) is 131 Å². The molecule has 0 aliphatic rings. The van der Waals surface area contributed by atoms with E-state index < -0.39 is 23.0 Å². The van der Waals surface area contributed by atoms with Gasteiger partial charge in [-0.3, -0.25) is 14.4 Å². The van der Waals surface area contributed by atoms with Gasteiger partial charge < -0.3 is 20.7 Å². The van der Waals surface area contributed by atoms with Crippen LogP contribution < -0.4 is 16.0 Å². The Morgan fingerprint density at radius 3 is 2.23 bits per heavy atom. The minimum Gasteiger partial charge on any atom is -0.465 e. The largest absolute Gasteiger partial charge is 0.465 e. The molecule has 0 fully saturated rings. The highest BCUT2D eigenvalue weighted by atomic mass is 35.5. The summed E-state index contributed by atoms with van der Waals surface area (Å²) in [7, 11) is 1.28. The van der Waals surface area contributed by atoms with Gasteiger partial charge in [-0.2, -0.15) is 0 Å². The molecule has 1 atom stereocenters. The number of esters is 1. The number of ether oxygens (including phenoxy) is 1. The molecule has 0 saturated carbocycles. The van der Waals surface area contributed by atoms with Crippen LogP contribution >= 0.6 is 23.4 Å². The van der Waals surface area contributed by atoms with Gasteiger partial charge in [-0.25, -0.2) is 4.79 Å². The average molecular weight is 614 g/mol. The number of benzene rings is 4. The molecule has 0 heterocycles. The zero-order valence-electron chi connectivity index (χ0n) is 23.3. The third kappa shape index (κ3) is 8.81. The summed E-state index contributed by atoms with van der Waals surface area (Å²) >= 11 is 7.42. The van der Waals surface area contributed by atoms with E-state index in [1.165, 1.54) is 18.9 Å². The fourth-order valence-corrected chi connectivity index (χ4v) is 4.96. The summed E-state index contributed by atoms with van der Waals surface area (Å²) in [4.78, 5) is 51.7. The van der Waals surface area contributed by atoms with Crippen LogP contribution in [0.25, 0.3) is 6.08 Å². The summed E-state index contributed by atoms with van der Waals surface area (Å²) in [5.74, 6) is -1.79. The number of thioether (sulfide) groups is 1. The molecule has 3 N–H and O–H groups in total. The van der Waals surface area contributed by atoms with Gasteiger partial charge in [0.1, 0.15) is 5.70 Å². The first-order chi connectivity index (χ1) is 20.7. The Balaban J connectivity index is 1.43. The van der Waals surface area contributed by atoms with Crippen LogP contribution in [0.3, 0.4) is 0 Å². The number of methoxy groups -OCH3 is 1. The molecule has 0 bridgehead atoms. The molecular formula is C33H28ClN3O5S. The molecule has 4 aromatic carbocycles. The van der Waals surface area contributed by atoms with Gasteiger partial charge in [0.05, 0.1) is 23.6 Å². The minimum atomic E-state index is -0.543. The Bertz CT molecular complexity index is 1660. The smallest absolute Gasteiger partial charge is 0.339 e. The van der Waals surface area contributed by atoms with E-state index in [1.54, 1.807) is 116 Å². The molecular weight excluding hydrogens is 586 g/mol. The van der Waals surface area contributed by atoms with Crippen LogP contribution in [-0.4, -0.2) is 36.1 Å². The SMILES string of the molecule is COC(=O)c1ccccc1NC(=O)C(C)Sc1ccc(NC(=O)/C(=C/c2cccc(Cl)c2)NC(=O)c2ccccc2)cc1. The van der Waals surface area contributed by atoms with Crippen molar-refractivity contribution >= 4 is 64.5 Å². The zero-order valence-corrected chi connectivity index (χ0v) is 24.9. The van der Waals surface area contributed by atoms with E-state index in [0.717, 1.165) is 4.90 Å². The number of hydrogen-bond acceptors (Lipinski definition) is 6. The van der Waals surface area contributed by atoms with Gasteiger partial charge in [0.25, 0.3) is 11.8 Å². The molecule has 0 aliphatic heterocycles.